The number of nitrogens with zero attached hydrogens (tertiary/aromatic N) is 2. The molecule has 0 spiro atoms. The summed E-state index contributed by atoms with van der Waals surface area (Å²) >= 11 is 0. The molecule has 5 nitrogen and oxygen atoms in total. The van der Waals surface area contributed by atoms with Gasteiger partial charge in [-0.05, 0) is 37.5 Å². The summed E-state index contributed by atoms with van der Waals surface area (Å²) < 4.78 is 20.6. The van der Waals surface area contributed by atoms with Gasteiger partial charge in [-0.25, -0.2) is 4.39 Å². The molecule has 0 saturated carbocycles. The predicted molar refractivity (Wildman–Crippen MR) is 73.2 cm³/mol. The minimum atomic E-state index is -1.73. The number of aromatic nitrogens is 2. The van der Waals surface area contributed by atoms with Crippen LogP contribution in [-0.2, 0) is 13.2 Å². The van der Waals surface area contributed by atoms with E-state index in [1.54, 1.807) is 4.68 Å². The number of rotatable bonds is 5. The second-order valence-electron chi connectivity index (χ2n) is 4.48. The second kappa shape index (κ2) is 6.07. The molecule has 0 radical (unpaired) electrons. The van der Waals surface area contributed by atoms with Crippen LogP contribution in [-0.4, -0.2) is 26.9 Å². The summed E-state index contributed by atoms with van der Waals surface area (Å²) in [5.74, 6) is -0.333. The van der Waals surface area contributed by atoms with Gasteiger partial charge >= 0.3 is 7.12 Å². The van der Waals surface area contributed by atoms with Crippen molar-refractivity contribution in [2.75, 3.05) is 0 Å². The van der Waals surface area contributed by atoms with Crippen molar-refractivity contribution in [2.24, 2.45) is 0 Å². The van der Waals surface area contributed by atoms with Crippen LogP contribution in [0, 0.1) is 12.7 Å². The Hall–Kier alpha value is -1.86. The van der Waals surface area contributed by atoms with Crippen molar-refractivity contribution in [3.05, 3.63) is 41.5 Å². The molecule has 2 aromatic rings. The molecule has 106 valence electrons. The van der Waals surface area contributed by atoms with Crippen molar-refractivity contribution in [3.63, 3.8) is 0 Å². The molecule has 0 aliphatic carbocycles. The third-order valence-corrected chi connectivity index (χ3v) is 2.86. The van der Waals surface area contributed by atoms with Gasteiger partial charge in [0.2, 0.25) is 0 Å². The highest BCUT2D eigenvalue weighted by Gasteiger charge is 2.14. The van der Waals surface area contributed by atoms with Crippen LogP contribution in [0.25, 0.3) is 0 Å². The van der Waals surface area contributed by atoms with Crippen LogP contribution < -0.4 is 10.2 Å². The maximum absolute atomic E-state index is 13.3. The van der Waals surface area contributed by atoms with E-state index in [-0.39, 0.29) is 17.8 Å². The zero-order valence-electron chi connectivity index (χ0n) is 11.4. The fourth-order valence-corrected chi connectivity index (χ4v) is 1.96. The van der Waals surface area contributed by atoms with Gasteiger partial charge in [0.05, 0.1) is 11.4 Å². The first-order valence-electron chi connectivity index (χ1n) is 6.32. The third kappa shape index (κ3) is 3.37. The van der Waals surface area contributed by atoms with Crippen molar-refractivity contribution in [3.8, 4) is 5.75 Å². The van der Waals surface area contributed by atoms with Gasteiger partial charge in [0.25, 0.3) is 0 Å². The summed E-state index contributed by atoms with van der Waals surface area (Å²) in [6, 6.07) is 5.54. The maximum atomic E-state index is 13.3. The Labute approximate surface area is 116 Å². The number of hydrogen-bond donors (Lipinski definition) is 2. The minimum Gasteiger partial charge on any atom is -0.487 e. The van der Waals surface area contributed by atoms with Gasteiger partial charge in [-0.15, -0.1) is 0 Å². The van der Waals surface area contributed by atoms with E-state index in [4.69, 9.17) is 14.8 Å². The lowest BCUT2D eigenvalue weighted by Crippen LogP contribution is -2.30. The lowest BCUT2D eigenvalue weighted by molar-refractivity contribution is 0.291. The molecule has 0 aliphatic rings. The smallest absolute Gasteiger partial charge is 0.487 e. The van der Waals surface area contributed by atoms with Crippen LogP contribution >= 0.6 is 0 Å². The number of benzene rings is 1. The summed E-state index contributed by atoms with van der Waals surface area (Å²) in [5, 5.41) is 22.4. The predicted octanol–water partition coefficient (Wildman–Crippen LogP) is 0.609. The molecule has 0 unspecified atom stereocenters. The molecule has 0 bridgehead atoms. The number of halogens is 1. The molecule has 1 aromatic heterocycles. The van der Waals surface area contributed by atoms with Gasteiger partial charge < -0.3 is 14.8 Å². The van der Waals surface area contributed by atoms with Gasteiger partial charge in [0, 0.05) is 12.6 Å². The lowest BCUT2D eigenvalue weighted by Gasteiger charge is -2.09. The molecule has 0 fully saturated rings. The topological polar surface area (TPSA) is 67.5 Å². The van der Waals surface area contributed by atoms with Crippen molar-refractivity contribution >= 4 is 12.6 Å². The Morgan fingerprint density at radius 1 is 1.30 bits per heavy atom. The van der Waals surface area contributed by atoms with E-state index in [1.165, 1.54) is 12.1 Å². The Bertz CT molecular complexity index is 601. The summed E-state index contributed by atoms with van der Waals surface area (Å²) in [7, 11) is -1.73. The Morgan fingerprint density at radius 2 is 2.05 bits per heavy atom. The Balaban J connectivity index is 2.14. The van der Waals surface area contributed by atoms with Gasteiger partial charge in [-0.3, -0.25) is 4.68 Å². The van der Waals surface area contributed by atoms with E-state index in [2.05, 4.69) is 5.10 Å². The normalized spacial score (nSPS) is 10.7. The van der Waals surface area contributed by atoms with E-state index in [1.807, 2.05) is 19.9 Å². The fraction of sp³-hybridized carbons (Fsp3) is 0.308. The molecule has 0 aliphatic heterocycles. The molecule has 7 heteroatoms. The van der Waals surface area contributed by atoms with E-state index in [9.17, 15) is 4.39 Å². The first-order chi connectivity index (χ1) is 9.49. The maximum Gasteiger partial charge on any atom is 0.488 e. The van der Waals surface area contributed by atoms with E-state index < -0.39 is 12.9 Å². The summed E-state index contributed by atoms with van der Waals surface area (Å²) in [6.45, 7) is 4.81. The summed E-state index contributed by atoms with van der Waals surface area (Å²) in [4.78, 5) is 0. The molecule has 1 aromatic carbocycles. The Morgan fingerprint density at radius 3 is 2.70 bits per heavy atom. The number of hydrogen-bond acceptors (Lipinski definition) is 4. The summed E-state index contributed by atoms with van der Waals surface area (Å²) in [6.07, 6.45) is 0. The minimum absolute atomic E-state index is 0.0557. The molecule has 2 rings (SSSR count). The van der Waals surface area contributed by atoms with Crippen molar-refractivity contribution in [1.29, 1.82) is 0 Å². The van der Waals surface area contributed by atoms with Gasteiger partial charge in [-0.1, -0.05) is 0 Å². The van der Waals surface area contributed by atoms with Crippen molar-refractivity contribution in [2.45, 2.75) is 27.0 Å². The Kier molecular flexibility index (Phi) is 4.41. The summed E-state index contributed by atoms with van der Waals surface area (Å²) in [5.41, 5.74) is 1.82. The molecular formula is C13H16BFN2O3. The quantitative estimate of drug-likeness (QED) is 0.786. The van der Waals surface area contributed by atoms with Gasteiger partial charge in [0.15, 0.2) is 0 Å². The van der Waals surface area contributed by atoms with E-state index in [0.29, 0.717) is 0 Å². The van der Waals surface area contributed by atoms with Crippen LogP contribution in [0.1, 0.15) is 18.3 Å². The average molecular weight is 278 g/mol. The van der Waals surface area contributed by atoms with Crippen molar-refractivity contribution < 1.29 is 19.2 Å². The van der Waals surface area contributed by atoms with Crippen LogP contribution in [0.4, 0.5) is 4.39 Å². The van der Waals surface area contributed by atoms with Crippen LogP contribution in [0.3, 0.4) is 0 Å². The molecule has 1 heterocycles. The first kappa shape index (κ1) is 14.6. The molecule has 2 N–H and O–H groups in total. The first-order valence-corrected chi connectivity index (χ1v) is 6.32. The molecule has 0 atom stereocenters. The average Bonchev–Trinajstić information content (AvgIpc) is 2.76. The van der Waals surface area contributed by atoms with Crippen LogP contribution in [0.2, 0.25) is 0 Å². The van der Waals surface area contributed by atoms with E-state index >= 15 is 0 Å². The highest BCUT2D eigenvalue weighted by atomic mass is 19.1. The van der Waals surface area contributed by atoms with Gasteiger partial charge in [0.1, 0.15) is 18.2 Å². The molecular weight excluding hydrogens is 262 g/mol. The van der Waals surface area contributed by atoms with Crippen LogP contribution in [0.5, 0.6) is 5.75 Å². The molecule has 20 heavy (non-hydrogen) atoms. The molecule has 0 amide bonds. The second-order valence-corrected chi connectivity index (χ2v) is 4.48. The van der Waals surface area contributed by atoms with Crippen molar-refractivity contribution in [1.82, 2.24) is 9.78 Å². The highest BCUT2D eigenvalue weighted by molar-refractivity contribution is 6.58. The molecule has 0 saturated heterocycles. The standard InChI is InChI=1S/C13H16BFN2O3/c1-3-17-12(4-9(2)16-17)8-20-13-6-10(14(18)19)5-11(15)7-13/h4-7,18-19H,3,8H2,1-2H3. The van der Waals surface area contributed by atoms with Crippen LogP contribution in [0.15, 0.2) is 24.3 Å². The van der Waals surface area contributed by atoms with E-state index in [0.717, 1.165) is 24.0 Å². The number of ether oxygens (including phenoxy) is 1. The van der Waals surface area contributed by atoms with Gasteiger partial charge in [-0.2, -0.15) is 5.10 Å². The largest absolute Gasteiger partial charge is 0.488 e. The zero-order valence-corrected chi connectivity index (χ0v) is 11.4. The zero-order chi connectivity index (χ0) is 14.7. The monoisotopic (exact) mass is 278 g/mol. The third-order valence-electron chi connectivity index (χ3n) is 2.86. The highest BCUT2D eigenvalue weighted by Crippen LogP contribution is 2.14. The SMILES string of the molecule is CCn1nc(C)cc1COc1cc(F)cc(B(O)O)c1. The lowest BCUT2D eigenvalue weighted by atomic mass is 9.80. The number of aryl methyl sites for hydroxylation is 2. The fourth-order valence-electron chi connectivity index (χ4n) is 1.96.